The van der Waals surface area contributed by atoms with Crippen molar-refractivity contribution in [3.63, 3.8) is 0 Å². The Balaban J connectivity index is 2.08. The molecule has 2 nitrogen and oxygen atoms in total. The summed E-state index contributed by atoms with van der Waals surface area (Å²) in [5.41, 5.74) is 2.01. The van der Waals surface area contributed by atoms with Gasteiger partial charge in [0.05, 0.1) is 0 Å². The van der Waals surface area contributed by atoms with E-state index < -0.39 is 0 Å². The van der Waals surface area contributed by atoms with Crippen LogP contribution in [-0.4, -0.2) is 5.91 Å². The average molecular weight is 282 g/mol. The maximum Gasteiger partial charge on any atom is 0.227 e. The van der Waals surface area contributed by atoms with E-state index in [-0.39, 0.29) is 11.8 Å². The number of hydrogen-bond donors (Lipinski definition) is 1. The number of carbonyl (C=O) groups is 1. The number of amides is 1. The molecule has 3 heteroatoms. The van der Waals surface area contributed by atoms with Crippen LogP contribution in [0.2, 0.25) is 0 Å². The molecule has 0 radical (unpaired) electrons. The second-order valence-electron chi connectivity index (χ2n) is 4.38. The van der Waals surface area contributed by atoms with E-state index in [9.17, 15) is 4.79 Å². The van der Waals surface area contributed by atoms with Crippen molar-refractivity contribution in [2.75, 3.05) is 5.32 Å². The van der Waals surface area contributed by atoms with E-state index in [4.69, 9.17) is 0 Å². The minimum Gasteiger partial charge on any atom is -0.326 e. The molecule has 0 heterocycles. The zero-order valence-corrected chi connectivity index (χ0v) is 11.0. The van der Waals surface area contributed by atoms with Crippen LogP contribution in [0, 0.1) is 12.8 Å². The van der Waals surface area contributed by atoms with Crippen LogP contribution in [0.15, 0.2) is 22.7 Å². The normalized spacial score (nSPS) is 16.4. The highest BCUT2D eigenvalue weighted by Gasteiger charge is 2.22. The lowest BCUT2D eigenvalue weighted by molar-refractivity contribution is -0.119. The lowest BCUT2D eigenvalue weighted by atomic mass is 10.1. The molecule has 1 aromatic rings. The van der Waals surface area contributed by atoms with Gasteiger partial charge in [0.2, 0.25) is 5.91 Å². The second-order valence-corrected chi connectivity index (χ2v) is 5.24. The highest BCUT2D eigenvalue weighted by Crippen LogP contribution is 2.28. The van der Waals surface area contributed by atoms with Crippen LogP contribution in [0.5, 0.6) is 0 Å². The summed E-state index contributed by atoms with van der Waals surface area (Å²) in [5, 5.41) is 3.02. The largest absolute Gasteiger partial charge is 0.326 e. The van der Waals surface area contributed by atoms with Gasteiger partial charge in [0.15, 0.2) is 0 Å². The molecule has 0 aromatic heterocycles. The van der Waals surface area contributed by atoms with Crippen molar-refractivity contribution in [2.45, 2.75) is 32.6 Å². The fourth-order valence-corrected chi connectivity index (χ4v) is 2.53. The Morgan fingerprint density at radius 2 is 2.06 bits per heavy atom. The number of nitrogens with one attached hydrogen (secondary N) is 1. The monoisotopic (exact) mass is 281 g/mol. The van der Waals surface area contributed by atoms with Crippen molar-refractivity contribution < 1.29 is 4.79 Å². The van der Waals surface area contributed by atoms with E-state index in [0.29, 0.717) is 0 Å². The van der Waals surface area contributed by atoms with E-state index in [1.54, 1.807) is 0 Å². The topological polar surface area (TPSA) is 29.1 Å². The molecule has 1 N–H and O–H groups in total. The first-order valence-corrected chi connectivity index (χ1v) is 6.54. The van der Waals surface area contributed by atoms with Gasteiger partial charge in [-0.1, -0.05) is 34.8 Å². The predicted octanol–water partition coefficient (Wildman–Crippen LogP) is 3.89. The standard InChI is InChI=1S/C13H16BrNO/c1-9-11(14)7-4-8-12(9)15-13(16)10-5-2-3-6-10/h4,7-8,10H,2-3,5-6H2,1H3,(H,15,16). The van der Waals surface area contributed by atoms with E-state index in [1.165, 1.54) is 12.8 Å². The van der Waals surface area contributed by atoms with E-state index in [1.807, 2.05) is 25.1 Å². The Hall–Kier alpha value is -0.830. The number of benzene rings is 1. The van der Waals surface area contributed by atoms with E-state index in [0.717, 1.165) is 28.6 Å². The van der Waals surface area contributed by atoms with Crippen LogP contribution in [-0.2, 0) is 4.79 Å². The maximum absolute atomic E-state index is 12.0. The highest BCUT2D eigenvalue weighted by molar-refractivity contribution is 9.10. The van der Waals surface area contributed by atoms with Crippen LogP contribution in [0.4, 0.5) is 5.69 Å². The molecule has 1 amide bonds. The number of halogens is 1. The summed E-state index contributed by atoms with van der Waals surface area (Å²) in [7, 11) is 0. The van der Waals surface area contributed by atoms with Crippen molar-refractivity contribution in [1.82, 2.24) is 0 Å². The fourth-order valence-electron chi connectivity index (χ4n) is 2.17. The Kier molecular flexibility index (Phi) is 3.64. The van der Waals surface area contributed by atoms with Gasteiger partial charge in [0, 0.05) is 16.1 Å². The Morgan fingerprint density at radius 3 is 2.75 bits per heavy atom. The molecule has 0 unspecified atom stereocenters. The summed E-state index contributed by atoms with van der Waals surface area (Å²) in [6.07, 6.45) is 4.46. The van der Waals surface area contributed by atoms with Crippen LogP contribution < -0.4 is 5.32 Å². The highest BCUT2D eigenvalue weighted by atomic mass is 79.9. The smallest absolute Gasteiger partial charge is 0.227 e. The number of carbonyl (C=O) groups excluding carboxylic acids is 1. The van der Waals surface area contributed by atoms with E-state index in [2.05, 4.69) is 21.2 Å². The molecule has 86 valence electrons. The summed E-state index contributed by atoms with van der Waals surface area (Å²) >= 11 is 3.47. The molecule has 1 aliphatic carbocycles. The van der Waals surface area contributed by atoms with Gasteiger partial charge >= 0.3 is 0 Å². The Morgan fingerprint density at radius 1 is 1.38 bits per heavy atom. The SMILES string of the molecule is Cc1c(Br)cccc1NC(=O)C1CCCC1. The summed E-state index contributed by atoms with van der Waals surface area (Å²) in [5.74, 6) is 0.400. The maximum atomic E-state index is 12.0. The minimum absolute atomic E-state index is 0.179. The molecular weight excluding hydrogens is 266 g/mol. The lowest BCUT2D eigenvalue weighted by Crippen LogP contribution is -2.20. The van der Waals surface area contributed by atoms with Crippen LogP contribution in [0.1, 0.15) is 31.2 Å². The van der Waals surface area contributed by atoms with Crippen molar-refractivity contribution in [2.24, 2.45) is 5.92 Å². The molecule has 1 saturated carbocycles. The molecule has 0 aliphatic heterocycles. The van der Waals surface area contributed by atoms with Gasteiger partial charge in [-0.05, 0) is 37.5 Å². The zero-order valence-electron chi connectivity index (χ0n) is 9.42. The molecule has 0 saturated heterocycles. The van der Waals surface area contributed by atoms with Gasteiger partial charge in [-0.3, -0.25) is 4.79 Å². The molecule has 1 aromatic carbocycles. The van der Waals surface area contributed by atoms with Gasteiger partial charge in [-0.15, -0.1) is 0 Å². The fraction of sp³-hybridized carbons (Fsp3) is 0.462. The van der Waals surface area contributed by atoms with Gasteiger partial charge < -0.3 is 5.32 Å². The van der Waals surface area contributed by atoms with E-state index >= 15 is 0 Å². The second kappa shape index (κ2) is 5.00. The summed E-state index contributed by atoms with van der Waals surface area (Å²) in [4.78, 5) is 12.0. The molecule has 2 rings (SSSR count). The molecule has 0 bridgehead atoms. The van der Waals surface area contributed by atoms with Crippen molar-refractivity contribution in [3.8, 4) is 0 Å². The van der Waals surface area contributed by atoms with Crippen molar-refractivity contribution in [3.05, 3.63) is 28.2 Å². The molecular formula is C13H16BrNO. The third-order valence-electron chi connectivity index (χ3n) is 3.25. The van der Waals surface area contributed by atoms with Gasteiger partial charge in [0.25, 0.3) is 0 Å². The van der Waals surface area contributed by atoms with Gasteiger partial charge in [-0.2, -0.15) is 0 Å². The third kappa shape index (κ3) is 2.46. The number of hydrogen-bond acceptors (Lipinski definition) is 1. The molecule has 1 aliphatic rings. The molecule has 16 heavy (non-hydrogen) atoms. The van der Waals surface area contributed by atoms with Crippen molar-refractivity contribution >= 4 is 27.5 Å². The molecule has 1 fully saturated rings. The third-order valence-corrected chi connectivity index (χ3v) is 4.11. The number of anilines is 1. The van der Waals surface area contributed by atoms with Gasteiger partial charge in [-0.25, -0.2) is 0 Å². The van der Waals surface area contributed by atoms with Gasteiger partial charge in [0.1, 0.15) is 0 Å². The Labute approximate surface area is 105 Å². The van der Waals surface area contributed by atoms with Crippen LogP contribution >= 0.6 is 15.9 Å². The van der Waals surface area contributed by atoms with Crippen LogP contribution in [0.3, 0.4) is 0 Å². The summed E-state index contributed by atoms with van der Waals surface area (Å²) in [6, 6.07) is 5.88. The molecule has 0 spiro atoms. The molecule has 0 atom stereocenters. The first-order valence-electron chi connectivity index (χ1n) is 5.74. The quantitative estimate of drug-likeness (QED) is 0.876. The summed E-state index contributed by atoms with van der Waals surface area (Å²) in [6.45, 7) is 2.01. The predicted molar refractivity (Wildman–Crippen MR) is 69.5 cm³/mol. The first-order chi connectivity index (χ1) is 7.68. The van der Waals surface area contributed by atoms with Crippen LogP contribution in [0.25, 0.3) is 0 Å². The summed E-state index contributed by atoms with van der Waals surface area (Å²) < 4.78 is 1.04. The average Bonchev–Trinajstić information content (AvgIpc) is 2.78. The lowest BCUT2D eigenvalue weighted by Gasteiger charge is -2.13. The minimum atomic E-state index is 0.179. The van der Waals surface area contributed by atoms with Crippen molar-refractivity contribution in [1.29, 1.82) is 0 Å². The Bertz CT molecular complexity index is 397. The first kappa shape index (κ1) is 11.6. The zero-order chi connectivity index (χ0) is 11.5. The number of rotatable bonds is 2.